The maximum atomic E-state index is 11.8. The normalized spacial score (nSPS) is 10.6. The Hall–Kier alpha value is -2.13. The molecule has 19 heavy (non-hydrogen) atoms. The van der Waals surface area contributed by atoms with Crippen molar-refractivity contribution in [1.82, 2.24) is 5.43 Å². The van der Waals surface area contributed by atoms with Gasteiger partial charge in [0, 0.05) is 10.6 Å². The summed E-state index contributed by atoms with van der Waals surface area (Å²) >= 11 is 5.76. The molecule has 3 nitrogen and oxygen atoms in total. The van der Waals surface area contributed by atoms with Crippen molar-refractivity contribution in [2.75, 3.05) is 0 Å². The van der Waals surface area contributed by atoms with Crippen LogP contribution < -0.4 is 5.43 Å². The number of hydrogen-bond acceptors (Lipinski definition) is 2. The number of hydrogen-bond donors (Lipinski definition) is 1. The van der Waals surface area contributed by atoms with Gasteiger partial charge in [0.05, 0.1) is 6.21 Å². The van der Waals surface area contributed by atoms with Crippen molar-refractivity contribution in [3.05, 3.63) is 70.2 Å². The van der Waals surface area contributed by atoms with Gasteiger partial charge in [0.15, 0.2) is 0 Å². The van der Waals surface area contributed by atoms with Crippen LogP contribution in [0.15, 0.2) is 53.6 Å². The molecule has 0 bridgehead atoms. The summed E-state index contributed by atoms with van der Waals surface area (Å²) in [4.78, 5) is 11.8. The molecule has 0 aliphatic rings. The number of halogens is 1. The van der Waals surface area contributed by atoms with E-state index in [-0.39, 0.29) is 5.91 Å². The molecule has 0 unspecified atom stereocenters. The largest absolute Gasteiger partial charge is 0.271 e. The van der Waals surface area contributed by atoms with E-state index in [4.69, 9.17) is 11.6 Å². The average molecular weight is 273 g/mol. The fraction of sp³-hybridized carbons (Fsp3) is 0.0667. The Kier molecular flexibility index (Phi) is 4.31. The summed E-state index contributed by atoms with van der Waals surface area (Å²) in [7, 11) is 0. The van der Waals surface area contributed by atoms with Crippen molar-refractivity contribution in [2.24, 2.45) is 5.10 Å². The van der Waals surface area contributed by atoms with Gasteiger partial charge in [0.25, 0.3) is 5.91 Å². The van der Waals surface area contributed by atoms with Crippen molar-refractivity contribution >= 4 is 23.7 Å². The van der Waals surface area contributed by atoms with Crippen LogP contribution in [0.4, 0.5) is 0 Å². The minimum absolute atomic E-state index is 0.262. The van der Waals surface area contributed by atoms with E-state index in [0.29, 0.717) is 10.6 Å². The van der Waals surface area contributed by atoms with Gasteiger partial charge in [-0.15, -0.1) is 0 Å². The lowest BCUT2D eigenvalue weighted by atomic mass is 10.1. The highest BCUT2D eigenvalue weighted by atomic mass is 35.5. The highest BCUT2D eigenvalue weighted by Crippen LogP contribution is 2.09. The molecular formula is C15H13ClN2O. The molecule has 0 aromatic heterocycles. The Morgan fingerprint density at radius 3 is 2.53 bits per heavy atom. The lowest BCUT2D eigenvalue weighted by Gasteiger charge is -2.01. The predicted octanol–water partition coefficient (Wildman–Crippen LogP) is 3.41. The zero-order valence-corrected chi connectivity index (χ0v) is 11.2. The molecule has 0 radical (unpaired) electrons. The first kappa shape index (κ1) is 13.3. The van der Waals surface area contributed by atoms with Gasteiger partial charge in [0.1, 0.15) is 0 Å². The minimum atomic E-state index is -0.262. The molecule has 1 N–H and O–H groups in total. The first-order valence-corrected chi connectivity index (χ1v) is 6.19. The molecular weight excluding hydrogens is 260 g/mol. The Morgan fingerprint density at radius 1 is 1.16 bits per heavy atom. The van der Waals surface area contributed by atoms with Crippen LogP contribution in [0.1, 0.15) is 21.5 Å². The van der Waals surface area contributed by atoms with Crippen LogP contribution >= 0.6 is 11.6 Å². The summed E-state index contributed by atoms with van der Waals surface area (Å²) in [5, 5.41) is 4.54. The Labute approximate surface area is 116 Å². The second-order valence-electron chi connectivity index (χ2n) is 4.06. The molecule has 4 heteroatoms. The van der Waals surface area contributed by atoms with Gasteiger partial charge in [-0.2, -0.15) is 5.10 Å². The van der Waals surface area contributed by atoms with E-state index in [1.807, 2.05) is 31.2 Å². The Bertz CT molecular complexity index is 606. The lowest BCUT2D eigenvalue weighted by molar-refractivity contribution is 0.0955. The van der Waals surface area contributed by atoms with E-state index in [9.17, 15) is 4.79 Å². The molecule has 0 heterocycles. The molecule has 0 saturated carbocycles. The standard InChI is InChI=1S/C15H13ClN2O/c1-11-4-2-3-5-13(11)10-17-18-15(19)12-6-8-14(16)9-7-12/h2-10H,1H3,(H,18,19)/b17-10-. The Balaban J connectivity index is 2.01. The number of amides is 1. The summed E-state index contributed by atoms with van der Waals surface area (Å²) in [5.41, 5.74) is 5.08. The van der Waals surface area contributed by atoms with Crippen molar-refractivity contribution < 1.29 is 4.79 Å². The maximum Gasteiger partial charge on any atom is 0.271 e. The van der Waals surface area contributed by atoms with Crippen LogP contribution in [0, 0.1) is 6.92 Å². The zero-order chi connectivity index (χ0) is 13.7. The van der Waals surface area contributed by atoms with Crippen molar-refractivity contribution in [3.63, 3.8) is 0 Å². The van der Waals surface area contributed by atoms with Gasteiger partial charge in [-0.25, -0.2) is 5.43 Å². The van der Waals surface area contributed by atoms with Crippen LogP contribution in [0.5, 0.6) is 0 Å². The number of rotatable bonds is 3. The lowest BCUT2D eigenvalue weighted by Crippen LogP contribution is -2.17. The molecule has 0 aliphatic heterocycles. The maximum absolute atomic E-state index is 11.8. The van der Waals surface area contributed by atoms with Crippen molar-refractivity contribution in [3.8, 4) is 0 Å². The van der Waals surface area contributed by atoms with Crippen molar-refractivity contribution in [1.29, 1.82) is 0 Å². The van der Waals surface area contributed by atoms with Crippen LogP contribution in [-0.2, 0) is 0 Å². The number of aryl methyl sites for hydroxylation is 1. The fourth-order valence-electron chi connectivity index (χ4n) is 1.56. The van der Waals surface area contributed by atoms with Crippen LogP contribution in [0.2, 0.25) is 5.02 Å². The Morgan fingerprint density at radius 2 is 1.84 bits per heavy atom. The van der Waals surface area contributed by atoms with Gasteiger partial charge in [-0.1, -0.05) is 35.9 Å². The number of benzene rings is 2. The number of carbonyl (C=O) groups excluding carboxylic acids is 1. The van der Waals surface area contributed by atoms with Crippen LogP contribution in [0.3, 0.4) is 0 Å². The molecule has 2 aromatic carbocycles. The number of hydrazone groups is 1. The molecule has 0 aliphatic carbocycles. The highest BCUT2D eigenvalue weighted by molar-refractivity contribution is 6.30. The molecule has 0 fully saturated rings. The highest BCUT2D eigenvalue weighted by Gasteiger charge is 2.03. The summed E-state index contributed by atoms with van der Waals surface area (Å²) in [6, 6.07) is 14.5. The summed E-state index contributed by atoms with van der Waals surface area (Å²) in [5.74, 6) is -0.262. The third-order valence-corrected chi connectivity index (χ3v) is 2.92. The average Bonchev–Trinajstić information content (AvgIpc) is 2.41. The first-order valence-electron chi connectivity index (χ1n) is 5.81. The minimum Gasteiger partial charge on any atom is -0.267 e. The van der Waals surface area contributed by atoms with Gasteiger partial charge < -0.3 is 0 Å². The van der Waals surface area contributed by atoms with E-state index in [1.54, 1.807) is 30.5 Å². The fourth-order valence-corrected chi connectivity index (χ4v) is 1.68. The third kappa shape index (κ3) is 3.66. The van der Waals surface area contributed by atoms with Gasteiger partial charge in [-0.3, -0.25) is 4.79 Å². The number of carbonyl (C=O) groups is 1. The second kappa shape index (κ2) is 6.16. The van der Waals surface area contributed by atoms with E-state index in [0.717, 1.165) is 11.1 Å². The topological polar surface area (TPSA) is 41.5 Å². The first-order chi connectivity index (χ1) is 9.16. The summed E-state index contributed by atoms with van der Waals surface area (Å²) in [6.07, 6.45) is 1.63. The number of nitrogens with one attached hydrogen (secondary N) is 1. The van der Waals surface area contributed by atoms with E-state index < -0.39 is 0 Å². The molecule has 1 amide bonds. The SMILES string of the molecule is Cc1ccccc1/C=N\NC(=O)c1ccc(Cl)cc1. The molecule has 96 valence electrons. The summed E-state index contributed by atoms with van der Waals surface area (Å²) in [6.45, 7) is 1.99. The van der Waals surface area contributed by atoms with Crippen LogP contribution in [-0.4, -0.2) is 12.1 Å². The molecule has 2 aromatic rings. The molecule has 0 saturated heterocycles. The predicted molar refractivity (Wildman–Crippen MR) is 77.7 cm³/mol. The quantitative estimate of drug-likeness (QED) is 0.675. The number of nitrogens with zero attached hydrogens (tertiary/aromatic N) is 1. The molecule has 0 spiro atoms. The third-order valence-electron chi connectivity index (χ3n) is 2.66. The van der Waals surface area contributed by atoms with Crippen LogP contribution in [0.25, 0.3) is 0 Å². The van der Waals surface area contributed by atoms with E-state index in [2.05, 4.69) is 10.5 Å². The van der Waals surface area contributed by atoms with Crippen molar-refractivity contribution in [2.45, 2.75) is 6.92 Å². The molecule has 2 rings (SSSR count). The smallest absolute Gasteiger partial charge is 0.267 e. The zero-order valence-electron chi connectivity index (χ0n) is 10.4. The van der Waals surface area contributed by atoms with E-state index in [1.165, 1.54) is 0 Å². The van der Waals surface area contributed by atoms with Gasteiger partial charge in [-0.05, 0) is 42.3 Å². The second-order valence-corrected chi connectivity index (χ2v) is 4.50. The summed E-state index contributed by atoms with van der Waals surface area (Å²) < 4.78 is 0. The van der Waals surface area contributed by atoms with E-state index >= 15 is 0 Å². The van der Waals surface area contributed by atoms with Gasteiger partial charge >= 0.3 is 0 Å². The van der Waals surface area contributed by atoms with Gasteiger partial charge in [0.2, 0.25) is 0 Å². The molecule has 0 atom stereocenters. The monoisotopic (exact) mass is 272 g/mol.